The van der Waals surface area contributed by atoms with Crippen molar-refractivity contribution in [3.05, 3.63) is 40.5 Å². The Bertz CT molecular complexity index is 833. The average Bonchev–Trinajstić information content (AvgIpc) is 2.88. The van der Waals surface area contributed by atoms with E-state index in [1.54, 1.807) is 0 Å². The number of nitrogens with zero attached hydrogens (tertiary/aromatic N) is 2. The molecule has 4 rings (SSSR count). The molecule has 1 aliphatic heterocycles. The standard InChI is InChI=1S/C29H43FN2O2/c1-4-29(15-9-6-10-16-29)28-25(32-33)14-13-23(31-28)18-24-20(2)17-26(27(30)21(24)3)34-19-22-11-7-5-8-12-22/h4,17,21-23,25,27H,1,5-16,18-19H2,2-3H3. The van der Waals surface area contributed by atoms with E-state index >= 15 is 4.39 Å². The number of ether oxygens (including phenoxy) is 1. The highest BCUT2D eigenvalue weighted by atomic mass is 19.1. The molecular formula is C29H43FN2O2. The number of alkyl halides is 1. The topological polar surface area (TPSA) is 51.0 Å². The molecule has 0 spiro atoms. The van der Waals surface area contributed by atoms with Crippen LogP contribution >= 0.6 is 0 Å². The lowest BCUT2D eigenvalue weighted by atomic mass is 9.67. The van der Waals surface area contributed by atoms with E-state index in [2.05, 4.69) is 18.7 Å². The van der Waals surface area contributed by atoms with Crippen LogP contribution in [0.1, 0.15) is 97.3 Å². The van der Waals surface area contributed by atoms with Crippen molar-refractivity contribution in [2.24, 2.45) is 27.4 Å². The third-order valence-corrected chi connectivity index (χ3v) is 8.98. The van der Waals surface area contributed by atoms with Crippen molar-refractivity contribution in [2.75, 3.05) is 6.61 Å². The Hall–Kier alpha value is -1.78. The highest BCUT2D eigenvalue weighted by molar-refractivity contribution is 5.97. The fourth-order valence-corrected chi connectivity index (χ4v) is 6.75. The molecule has 0 amide bonds. The van der Waals surface area contributed by atoms with Gasteiger partial charge in [0, 0.05) is 11.3 Å². The van der Waals surface area contributed by atoms with Crippen molar-refractivity contribution >= 4 is 5.71 Å². The first kappa shape index (κ1) is 25.3. The van der Waals surface area contributed by atoms with E-state index in [4.69, 9.17) is 9.73 Å². The molecule has 0 bridgehead atoms. The number of rotatable bonds is 8. The maximum Gasteiger partial charge on any atom is 0.163 e. The lowest BCUT2D eigenvalue weighted by molar-refractivity contribution is 0.0942. The van der Waals surface area contributed by atoms with Crippen LogP contribution < -0.4 is 0 Å². The molecule has 0 aromatic heterocycles. The zero-order valence-corrected chi connectivity index (χ0v) is 21.2. The van der Waals surface area contributed by atoms with Gasteiger partial charge in [0.25, 0.3) is 0 Å². The van der Waals surface area contributed by atoms with Crippen molar-refractivity contribution < 1.29 is 9.13 Å². The van der Waals surface area contributed by atoms with Crippen molar-refractivity contribution in [3.8, 4) is 0 Å². The normalized spacial score (nSPS) is 32.6. The molecule has 4 aliphatic rings. The van der Waals surface area contributed by atoms with E-state index in [9.17, 15) is 4.91 Å². The summed E-state index contributed by atoms with van der Waals surface area (Å²) in [5, 5.41) is 3.46. The molecule has 0 radical (unpaired) electrons. The summed E-state index contributed by atoms with van der Waals surface area (Å²) in [6.07, 6.45) is 16.9. The van der Waals surface area contributed by atoms with Gasteiger partial charge in [-0.2, -0.15) is 4.91 Å². The summed E-state index contributed by atoms with van der Waals surface area (Å²) in [4.78, 5) is 16.8. The van der Waals surface area contributed by atoms with Crippen molar-refractivity contribution in [1.82, 2.24) is 0 Å². The minimum atomic E-state index is -1.10. The average molecular weight is 471 g/mol. The third-order valence-electron chi connectivity index (χ3n) is 8.98. The molecule has 2 fully saturated rings. The van der Waals surface area contributed by atoms with E-state index in [0.29, 0.717) is 18.3 Å². The number of hydrogen-bond donors (Lipinski definition) is 0. The van der Waals surface area contributed by atoms with Gasteiger partial charge in [-0.25, -0.2) is 4.39 Å². The Balaban J connectivity index is 1.50. The van der Waals surface area contributed by atoms with Gasteiger partial charge >= 0.3 is 0 Å². The highest BCUT2D eigenvalue weighted by Crippen LogP contribution is 2.44. The number of allylic oxidation sites excluding steroid dienone is 4. The van der Waals surface area contributed by atoms with Crippen LogP contribution in [0.4, 0.5) is 4.39 Å². The van der Waals surface area contributed by atoms with Gasteiger partial charge in [-0.15, -0.1) is 6.58 Å². The minimum Gasteiger partial charge on any atom is -0.495 e. The first-order chi connectivity index (χ1) is 16.5. The summed E-state index contributed by atoms with van der Waals surface area (Å²) in [6, 6.07) is -0.274. The van der Waals surface area contributed by atoms with Gasteiger partial charge in [0.15, 0.2) is 6.17 Å². The molecule has 2 saturated carbocycles. The van der Waals surface area contributed by atoms with Crippen LogP contribution in [0.3, 0.4) is 0 Å². The first-order valence-electron chi connectivity index (χ1n) is 13.7. The van der Waals surface area contributed by atoms with Crippen LogP contribution in [0.25, 0.3) is 0 Å². The summed E-state index contributed by atoms with van der Waals surface area (Å²) in [6.45, 7) is 8.83. The van der Waals surface area contributed by atoms with E-state index in [1.165, 1.54) is 38.5 Å². The Morgan fingerprint density at radius 2 is 1.85 bits per heavy atom. The van der Waals surface area contributed by atoms with Crippen molar-refractivity contribution in [1.29, 1.82) is 0 Å². The second-order valence-corrected chi connectivity index (χ2v) is 11.3. The number of hydrogen-bond acceptors (Lipinski definition) is 4. The maximum absolute atomic E-state index is 15.4. The molecule has 0 N–H and O–H groups in total. The largest absolute Gasteiger partial charge is 0.495 e. The molecule has 0 saturated heterocycles. The molecule has 4 unspecified atom stereocenters. The second-order valence-electron chi connectivity index (χ2n) is 11.3. The SMILES string of the molecule is C=CC1(C2=NC(CC3=C(C)C=C(OCC4CCCCC4)C(F)C3C)CCC2N=O)CCCCC1. The minimum absolute atomic E-state index is 0.0736. The van der Waals surface area contributed by atoms with Crippen LogP contribution in [0, 0.1) is 22.2 Å². The number of nitroso groups, excluding NO2 is 1. The molecule has 0 aromatic rings. The summed E-state index contributed by atoms with van der Waals surface area (Å²) >= 11 is 0. The monoisotopic (exact) mass is 470 g/mol. The van der Waals surface area contributed by atoms with Gasteiger partial charge in [-0.05, 0) is 69.4 Å². The fourth-order valence-electron chi connectivity index (χ4n) is 6.75. The zero-order valence-electron chi connectivity index (χ0n) is 21.2. The molecular weight excluding hydrogens is 427 g/mol. The molecule has 0 aromatic carbocycles. The van der Waals surface area contributed by atoms with Gasteiger partial charge in [-0.1, -0.05) is 62.3 Å². The molecule has 188 valence electrons. The van der Waals surface area contributed by atoms with Crippen LogP contribution in [-0.2, 0) is 4.74 Å². The molecule has 4 nitrogen and oxygen atoms in total. The molecule has 4 atom stereocenters. The van der Waals surface area contributed by atoms with Crippen molar-refractivity contribution in [2.45, 2.75) is 116 Å². The van der Waals surface area contributed by atoms with E-state index in [1.807, 2.05) is 19.1 Å². The zero-order chi connectivity index (χ0) is 24.1. The van der Waals surface area contributed by atoms with Crippen LogP contribution in [0.15, 0.2) is 45.8 Å². The van der Waals surface area contributed by atoms with E-state index < -0.39 is 6.17 Å². The lowest BCUT2D eigenvalue weighted by Gasteiger charge is -2.40. The van der Waals surface area contributed by atoms with Crippen LogP contribution in [0.2, 0.25) is 0 Å². The Morgan fingerprint density at radius 1 is 1.15 bits per heavy atom. The Morgan fingerprint density at radius 3 is 2.53 bits per heavy atom. The van der Waals surface area contributed by atoms with Crippen LogP contribution in [-0.4, -0.2) is 30.6 Å². The fraction of sp³-hybridized carbons (Fsp3) is 0.759. The van der Waals surface area contributed by atoms with Gasteiger partial charge in [0.05, 0.1) is 18.4 Å². The molecule has 1 heterocycles. The first-order valence-corrected chi connectivity index (χ1v) is 13.7. The van der Waals surface area contributed by atoms with Crippen molar-refractivity contribution in [3.63, 3.8) is 0 Å². The third kappa shape index (κ3) is 5.39. The van der Waals surface area contributed by atoms with E-state index in [-0.39, 0.29) is 23.4 Å². The van der Waals surface area contributed by atoms with Gasteiger partial charge < -0.3 is 4.74 Å². The predicted octanol–water partition coefficient (Wildman–Crippen LogP) is 8.04. The van der Waals surface area contributed by atoms with Crippen LogP contribution in [0.5, 0.6) is 0 Å². The molecule has 34 heavy (non-hydrogen) atoms. The summed E-state index contributed by atoms with van der Waals surface area (Å²) in [5.74, 6) is 0.856. The Labute approximate surface area is 205 Å². The number of aliphatic imine (C=N–C) groups is 1. The van der Waals surface area contributed by atoms with Gasteiger partial charge in [0.2, 0.25) is 0 Å². The number of halogens is 1. The highest BCUT2D eigenvalue weighted by Gasteiger charge is 2.42. The molecule has 5 heteroatoms. The quantitative estimate of drug-likeness (QED) is 0.266. The van der Waals surface area contributed by atoms with Gasteiger partial charge in [0.1, 0.15) is 11.8 Å². The Kier molecular flexibility index (Phi) is 8.42. The second kappa shape index (κ2) is 11.3. The van der Waals surface area contributed by atoms with E-state index in [0.717, 1.165) is 61.8 Å². The summed E-state index contributed by atoms with van der Waals surface area (Å²) in [5.41, 5.74) is 3.00. The summed E-state index contributed by atoms with van der Waals surface area (Å²) < 4.78 is 21.5. The smallest absolute Gasteiger partial charge is 0.163 e. The predicted molar refractivity (Wildman–Crippen MR) is 138 cm³/mol. The molecule has 3 aliphatic carbocycles. The van der Waals surface area contributed by atoms with Gasteiger partial charge in [-0.3, -0.25) is 4.99 Å². The lowest BCUT2D eigenvalue weighted by Crippen LogP contribution is -2.42. The summed E-state index contributed by atoms with van der Waals surface area (Å²) in [7, 11) is 0. The maximum atomic E-state index is 15.4.